The molecule has 1 atom stereocenters. The highest BCUT2D eigenvalue weighted by Crippen LogP contribution is 2.30. The number of rotatable bonds is 4. The molecule has 0 radical (unpaired) electrons. The van der Waals surface area contributed by atoms with E-state index in [-0.39, 0.29) is 0 Å². The molecule has 2 aromatic rings. The zero-order valence-electron chi connectivity index (χ0n) is 9.27. The van der Waals surface area contributed by atoms with Gasteiger partial charge in [-0.15, -0.1) is 11.3 Å². The summed E-state index contributed by atoms with van der Waals surface area (Å²) in [5, 5.41) is 11.3. The lowest BCUT2D eigenvalue weighted by atomic mass is 9.95. The monoisotopic (exact) mass is 388 g/mol. The number of aliphatic carboxylic acids is 1. The lowest BCUT2D eigenvalue weighted by Gasteiger charge is -2.12. The van der Waals surface area contributed by atoms with E-state index in [1.165, 1.54) is 0 Å². The van der Waals surface area contributed by atoms with Crippen LogP contribution in [0, 0.1) is 0 Å². The highest BCUT2D eigenvalue weighted by Gasteiger charge is 2.21. The second kappa shape index (κ2) is 5.99. The largest absolute Gasteiger partial charge is 0.481 e. The van der Waals surface area contributed by atoms with E-state index in [1.54, 1.807) is 11.3 Å². The summed E-state index contributed by atoms with van der Waals surface area (Å²) in [4.78, 5) is 12.5. The molecule has 0 amide bonds. The van der Waals surface area contributed by atoms with Crippen molar-refractivity contribution < 1.29 is 9.90 Å². The molecule has 2 nitrogen and oxygen atoms in total. The fraction of sp³-hybridized carbons (Fsp3) is 0.154. The quantitative estimate of drug-likeness (QED) is 0.823. The van der Waals surface area contributed by atoms with Crippen molar-refractivity contribution in [1.29, 1.82) is 0 Å². The molecular formula is C13H10Br2O2S. The first-order valence-corrected chi connectivity index (χ1v) is 7.74. The standard InChI is InChI=1S/C13H10Br2O2S/c14-9-3-1-8(2-4-9)10(13(16)17)7-12-11(15)5-6-18-12/h1-6,10H,7H2,(H,16,17). The van der Waals surface area contributed by atoms with E-state index in [9.17, 15) is 9.90 Å². The van der Waals surface area contributed by atoms with Gasteiger partial charge in [0.1, 0.15) is 0 Å². The van der Waals surface area contributed by atoms with Gasteiger partial charge in [-0.1, -0.05) is 28.1 Å². The molecular weight excluding hydrogens is 380 g/mol. The van der Waals surface area contributed by atoms with Gasteiger partial charge in [0, 0.05) is 20.2 Å². The molecule has 1 aromatic carbocycles. The van der Waals surface area contributed by atoms with Crippen molar-refractivity contribution in [3.8, 4) is 0 Å². The Morgan fingerprint density at radius 1 is 1.22 bits per heavy atom. The van der Waals surface area contributed by atoms with Crippen molar-refractivity contribution >= 4 is 49.2 Å². The number of hydrogen-bond acceptors (Lipinski definition) is 2. The molecule has 18 heavy (non-hydrogen) atoms. The minimum atomic E-state index is -0.794. The Morgan fingerprint density at radius 3 is 2.39 bits per heavy atom. The summed E-state index contributed by atoms with van der Waals surface area (Å²) in [6.45, 7) is 0. The van der Waals surface area contributed by atoms with Crippen molar-refractivity contribution in [2.24, 2.45) is 0 Å². The minimum Gasteiger partial charge on any atom is -0.481 e. The van der Waals surface area contributed by atoms with Gasteiger partial charge in [-0.05, 0) is 45.1 Å². The maximum atomic E-state index is 11.4. The van der Waals surface area contributed by atoms with E-state index in [4.69, 9.17) is 0 Å². The van der Waals surface area contributed by atoms with Crippen molar-refractivity contribution in [3.05, 3.63) is 55.1 Å². The second-order valence-electron chi connectivity index (χ2n) is 3.84. The Bertz CT molecular complexity index is 548. The molecule has 0 aliphatic rings. The Hall–Kier alpha value is -0.650. The molecule has 1 unspecified atom stereocenters. The molecule has 0 aliphatic carbocycles. The maximum absolute atomic E-state index is 11.4. The van der Waals surface area contributed by atoms with Crippen molar-refractivity contribution in [2.75, 3.05) is 0 Å². The Labute approximate surface area is 126 Å². The number of carbonyl (C=O) groups is 1. The van der Waals surface area contributed by atoms with Gasteiger partial charge in [0.15, 0.2) is 0 Å². The van der Waals surface area contributed by atoms with Gasteiger partial charge >= 0.3 is 5.97 Å². The molecule has 1 aromatic heterocycles. The van der Waals surface area contributed by atoms with Crippen LogP contribution in [0.4, 0.5) is 0 Å². The minimum absolute atomic E-state index is 0.506. The summed E-state index contributed by atoms with van der Waals surface area (Å²) in [5.41, 5.74) is 0.825. The van der Waals surface area contributed by atoms with E-state index in [2.05, 4.69) is 31.9 Å². The molecule has 0 bridgehead atoms. The van der Waals surface area contributed by atoms with Crippen molar-refractivity contribution in [1.82, 2.24) is 0 Å². The lowest BCUT2D eigenvalue weighted by molar-refractivity contribution is -0.138. The third-order valence-electron chi connectivity index (χ3n) is 2.65. The summed E-state index contributed by atoms with van der Waals surface area (Å²) in [6.07, 6.45) is 0.509. The van der Waals surface area contributed by atoms with Gasteiger partial charge in [0.25, 0.3) is 0 Å². The SMILES string of the molecule is O=C(O)C(Cc1sccc1Br)c1ccc(Br)cc1. The predicted octanol–water partition coefficient (Wildman–Crippen LogP) is 4.68. The third kappa shape index (κ3) is 3.22. The molecule has 94 valence electrons. The summed E-state index contributed by atoms with van der Waals surface area (Å²) >= 11 is 8.36. The van der Waals surface area contributed by atoms with E-state index in [0.29, 0.717) is 6.42 Å². The molecule has 1 heterocycles. The van der Waals surface area contributed by atoms with Gasteiger partial charge in [-0.3, -0.25) is 4.79 Å². The van der Waals surface area contributed by atoms with E-state index in [1.807, 2.05) is 35.7 Å². The molecule has 2 rings (SSSR count). The van der Waals surface area contributed by atoms with E-state index >= 15 is 0 Å². The number of halogens is 2. The van der Waals surface area contributed by atoms with Gasteiger partial charge in [-0.2, -0.15) is 0 Å². The Balaban J connectivity index is 2.27. The first-order chi connectivity index (χ1) is 8.58. The zero-order valence-corrected chi connectivity index (χ0v) is 13.3. The van der Waals surface area contributed by atoms with Gasteiger partial charge in [0.2, 0.25) is 0 Å². The van der Waals surface area contributed by atoms with Crippen LogP contribution in [0.3, 0.4) is 0 Å². The first-order valence-electron chi connectivity index (χ1n) is 5.28. The van der Waals surface area contributed by atoms with Gasteiger partial charge < -0.3 is 5.11 Å². The van der Waals surface area contributed by atoms with Crippen molar-refractivity contribution in [2.45, 2.75) is 12.3 Å². The molecule has 5 heteroatoms. The molecule has 0 fully saturated rings. The van der Waals surface area contributed by atoms with Crippen LogP contribution in [0.5, 0.6) is 0 Å². The number of benzene rings is 1. The Kier molecular flexibility index (Phi) is 4.59. The fourth-order valence-electron chi connectivity index (χ4n) is 1.70. The van der Waals surface area contributed by atoms with Gasteiger partial charge in [-0.25, -0.2) is 0 Å². The highest BCUT2D eigenvalue weighted by molar-refractivity contribution is 9.10. The summed E-state index contributed by atoms with van der Waals surface area (Å²) < 4.78 is 1.93. The average Bonchev–Trinajstić information content (AvgIpc) is 2.73. The van der Waals surface area contributed by atoms with E-state index in [0.717, 1.165) is 19.4 Å². The van der Waals surface area contributed by atoms with Crippen LogP contribution < -0.4 is 0 Å². The lowest BCUT2D eigenvalue weighted by Crippen LogP contribution is -2.14. The van der Waals surface area contributed by atoms with Crippen LogP contribution in [-0.2, 0) is 11.2 Å². The highest BCUT2D eigenvalue weighted by atomic mass is 79.9. The number of thiophene rings is 1. The molecule has 0 aliphatic heterocycles. The number of carboxylic acid groups (broad SMARTS) is 1. The number of carboxylic acids is 1. The van der Waals surface area contributed by atoms with Crippen molar-refractivity contribution in [3.63, 3.8) is 0 Å². The maximum Gasteiger partial charge on any atom is 0.311 e. The average molecular weight is 390 g/mol. The summed E-state index contributed by atoms with van der Waals surface area (Å²) in [6, 6.07) is 9.39. The zero-order chi connectivity index (χ0) is 13.1. The summed E-state index contributed by atoms with van der Waals surface area (Å²) in [7, 11) is 0. The molecule has 0 saturated heterocycles. The molecule has 0 spiro atoms. The smallest absolute Gasteiger partial charge is 0.311 e. The van der Waals surface area contributed by atoms with Crippen LogP contribution in [-0.4, -0.2) is 11.1 Å². The topological polar surface area (TPSA) is 37.3 Å². The van der Waals surface area contributed by atoms with Crippen LogP contribution in [0.1, 0.15) is 16.4 Å². The molecule has 0 saturated carbocycles. The second-order valence-corrected chi connectivity index (χ2v) is 6.61. The Morgan fingerprint density at radius 2 is 1.89 bits per heavy atom. The third-order valence-corrected chi connectivity index (χ3v) is 5.13. The predicted molar refractivity (Wildman–Crippen MR) is 80.2 cm³/mol. The van der Waals surface area contributed by atoms with Crippen LogP contribution >= 0.6 is 43.2 Å². The van der Waals surface area contributed by atoms with Crippen LogP contribution in [0.15, 0.2) is 44.7 Å². The summed E-state index contributed by atoms with van der Waals surface area (Å²) in [5.74, 6) is -1.30. The van der Waals surface area contributed by atoms with Gasteiger partial charge in [0.05, 0.1) is 5.92 Å². The normalized spacial score (nSPS) is 12.3. The van der Waals surface area contributed by atoms with Crippen LogP contribution in [0.2, 0.25) is 0 Å². The first kappa shape index (κ1) is 13.8. The van der Waals surface area contributed by atoms with E-state index < -0.39 is 11.9 Å². The van der Waals surface area contributed by atoms with Crippen LogP contribution in [0.25, 0.3) is 0 Å². The number of hydrogen-bond donors (Lipinski definition) is 1. The molecule has 1 N–H and O–H groups in total. The fourth-order valence-corrected chi connectivity index (χ4v) is 3.52.